The first kappa shape index (κ1) is 13.4. The van der Waals surface area contributed by atoms with Gasteiger partial charge in [-0.25, -0.2) is 0 Å². The Hall–Kier alpha value is -1.06. The maximum absolute atomic E-state index is 12.4. The van der Waals surface area contributed by atoms with Gasteiger partial charge in [0.1, 0.15) is 0 Å². The zero-order chi connectivity index (χ0) is 13.3. The number of carbonyl (C=O) groups excluding carboxylic acids is 1. The zero-order valence-electron chi connectivity index (χ0n) is 10.8. The average molecular weight is 267 g/mol. The number of rotatable bonds is 1. The normalized spacial score (nSPS) is 22.9. The molecule has 1 aromatic rings. The van der Waals surface area contributed by atoms with E-state index in [1.54, 1.807) is 24.3 Å². The molecule has 2 N–H and O–H groups in total. The first-order valence-corrected chi connectivity index (χ1v) is 6.58. The molecule has 2 rings (SSSR count). The Morgan fingerprint density at radius 3 is 2.83 bits per heavy atom. The second-order valence-electron chi connectivity index (χ2n) is 5.62. The van der Waals surface area contributed by atoms with Crippen LogP contribution in [0.4, 0.5) is 0 Å². The molecule has 1 heterocycles. The summed E-state index contributed by atoms with van der Waals surface area (Å²) in [5.74, 6) is 0.0393. The maximum Gasteiger partial charge on any atom is 0.253 e. The van der Waals surface area contributed by atoms with Gasteiger partial charge < -0.3 is 10.6 Å². The minimum absolute atomic E-state index is 0.0352. The molecule has 1 aliphatic rings. The monoisotopic (exact) mass is 266 g/mol. The Morgan fingerprint density at radius 2 is 2.22 bits per heavy atom. The predicted octanol–water partition coefficient (Wildman–Crippen LogP) is 2.54. The molecule has 1 saturated heterocycles. The number of hydrogen-bond acceptors (Lipinski definition) is 2. The summed E-state index contributed by atoms with van der Waals surface area (Å²) in [4.78, 5) is 14.2. The summed E-state index contributed by atoms with van der Waals surface area (Å²) >= 11 is 5.92. The second kappa shape index (κ2) is 4.90. The lowest BCUT2D eigenvalue weighted by molar-refractivity contribution is 0.0533. The van der Waals surface area contributed by atoms with Gasteiger partial charge in [-0.2, -0.15) is 0 Å². The van der Waals surface area contributed by atoms with Crippen molar-refractivity contribution in [1.29, 1.82) is 0 Å². The molecule has 4 heteroatoms. The lowest BCUT2D eigenvalue weighted by atomic mass is 9.79. The fourth-order valence-corrected chi connectivity index (χ4v) is 2.54. The van der Waals surface area contributed by atoms with Gasteiger partial charge >= 0.3 is 0 Å². The quantitative estimate of drug-likeness (QED) is 0.849. The number of hydrogen-bond donors (Lipinski definition) is 1. The molecule has 0 saturated carbocycles. The highest BCUT2D eigenvalue weighted by Crippen LogP contribution is 2.28. The van der Waals surface area contributed by atoms with Crippen LogP contribution in [0.15, 0.2) is 24.3 Å². The number of halogens is 1. The van der Waals surface area contributed by atoms with E-state index in [9.17, 15) is 4.79 Å². The number of nitrogens with two attached hydrogens (primary N) is 1. The summed E-state index contributed by atoms with van der Waals surface area (Å²) in [6.07, 6.45) is 0.847. The van der Waals surface area contributed by atoms with Gasteiger partial charge in [0.25, 0.3) is 5.91 Å². The van der Waals surface area contributed by atoms with Crippen molar-refractivity contribution < 1.29 is 4.79 Å². The van der Waals surface area contributed by atoms with Crippen LogP contribution in [0.25, 0.3) is 0 Å². The highest BCUT2D eigenvalue weighted by molar-refractivity contribution is 6.30. The Labute approximate surface area is 113 Å². The minimum Gasteiger partial charge on any atom is -0.338 e. The molecule has 0 radical (unpaired) electrons. The highest BCUT2D eigenvalue weighted by atomic mass is 35.5. The van der Waals surface area contributed by atoms with Gasteiger partial charge in [-0.3, -0.25) is 4.79 Å². The first-order valence-electron chi connectivity index (χ1n) is 6.20. The summed E-state index contributed by atoms with van der Waals surface area (Å²) in [7, 11) is 0. The van der Waals surface area contributed by atoms with Gasteiger partial charge in [0.15, 0.2) is 0 Å². The summed E-state index contributed by atoms with van der Waals surface area (Å²) < 4.78 is 0. The van der Waals surface area contributed by atoms with Gasteiger partial charge in [0.2, 0.25) is 0 Å². The molecule has 3 nitrogen and oxygen atoms in total. The van der Waals surface area contributed by atoms with Crippen LogP contribution in [-0.2, 0) is 0 Å². The van der Waals surface area contributed by atoms with E-state index in [1.165, 1.54) is 0 Å². The number of benzene rings is 1. The Morgan fingerprint density at radius 1 is 1.50 bits per heavy atom. The van der Waals surface area contributed by atoms with Crippen LogP contribution >= 0.6 is 11.6 Å². The number of amides is 1. The van der Waals surface area contributed by atoms with Crippen LogP contribution in [-0.4, -0.2) is 29.9 Å². The standard InChI is InChI=1S/C14H19ClN2O/c1-14(2)9-17(7-6-12(14)16)13(18)10-4-3-5-11(15)8-10/h3-5,8,12H,6-7,9,16H2,1-2H3. The third kappa shape index (κ3) is 2.68. The fraction of sp³-hybridized carbons (Fsp3) is 0.500. The van der Waals surface area contributed by atoms with Crippen LogP contribution < -0.4 is 5.73 Å². The van der Waals surface area contributed by atoms with E-state index in [1.807, 2.05) is 4.90 Å². The molecular weight excluding hydrogens is 248 g/mol. The molecule has 0 aliphatic carbocycles. The van der Waals surface area contributed by atoms with Crippen molar-refractivity contribution in [3.05, 3.63) is 34.9 Å². The van der Waals surface area contributed by atoms with Crippen molar-refractivity contribution in [3.8, 4) is 0 Å². The smallest absolute Gasteiger partial charge is 0.253 e. The molecule has 1 aliphatic heterocycles. The molecule has 1 atom stereocenters. The topological polar surface area (TPSA) is 46.3 Å². The highest BCUT2D eigenvalue weighted by Gasteiger charge is 2.35. The predicted molar refractivity (Wildman–Crippen MR) is 73.7 cm³/mol. The summed E-state index contributed by atoms with van der Waals surface area (Å²) in [5, 5.41) is 0.592. The maximum atomic E-state index is 12.4. The molecule has 1 unspecified atom stereocenters. The van der Waals surface area contributed by atoms with Gasteiger partial charge in [0.05, 0.1) is 0 Å². The Balaban J connectivity index is 2.15. The summed E-state index contributed by atoms with van der Waals surface area (Å²) in [6, 6.07) is 7.24. The van der Waals surface area contributed by atoms with Crippen molar-refractivity contribution >= 4 is 17.5 Å². The molecular formula is C14H19ClN2O. The summed E-state index contributed by atoms with van der Waals surface area (Å²) in [6.45, 7) is 5.62. The fourth-order valence-electron chi connectivity index (χ4n) is 2.35. The van der Waals surface area contributed by atoms with E-state index in [4.69, 9.17) is 17.3 Å². The Bertz CT molecular complexity index is 459. The van der Waals surface area contributed by atoms with Crippen molar-refractivity contribution in [2.24, 2.45) is 11.1 Å². The van der Waals surface area contributed by atoms with Crippen molar-refractivity contribution in [3.63, 3.8) is 0 Å². The number of nitrogens with zero attached hydrogens (tertiary/aromatic N) is 1. The average Bonchev–Trinajstić information content (AvgIpc) is 2.31. The Kier molecular flexibility index (Phi) is 3.64. The molecule has 98 valence electrons. The van der Waals surface area contributed by atoms with Crippen molar-refractivity contribution in [2.75, 3.05) is 13.1 Å². The third-order valence-corrected chi connectivity index (χ3v) is 3.91. The first-order chi connectivity index (χ1) is 8.40. The molecule has 0 aromatic heterocycles. The van der Waals surface area contributed by atoms with Crippen LogP contribution in [0.1, 0.15) is 30.6 Å². The third-order valence-electron chi connectivity index (χ3n) is 3.67. The van der Waals surface area contributed by atoms with Crippen LogP contribution in [0, 0.1) is 5.41 Å². The van der Waals surface area contributed by atoms with Crippen molar-refractivity contribution in [2.45, 2.75) is 26.3 Å². The SMILES string of the molecule is CC1(C)CN(C(=O)c2cccc(Cl)c2)CCC1N. The summed E-state index contributed by atoms with van der Waals surface area (Å²) in [5.41, 5.74) is 6.69. The molecule has 0 spiro atoms. The number of likely N-dealkylation sites (tertiary alicyclic amines) is 1. The van der Waals surface area contributed by atoms with E-state index in [0.29, 0.717) is 17.1 Å². The minimum atomic E-state index is -0.0352. The second-order valence-corrected chi connectivity index (χ2v) is 6.06. The van der Waals surface area contributed by atoms with Crippen LogP contribution in [0.5, 0.6) is 0 Å². The number of carbonyl (C=O) groups is 1. The van der Waals surface area contributed by atoms with Gasteiger partial charge in [0, 0.05) is 29.7 Å². The molecule has 0 bridgehead atoms. The van der Waals surface area contributed by atoms with Crippen LogP contribution in [0.3, 0.4) is 0 Å². The molecule has 1 aromatic carbocycles. The largest absolute Gasteiger partial charge is 0.338 e. The molecule has 1 amide bonds. The van der Waals surface area contributed by atoms with Gasteiger partial charge in [-0.05, 0) is 30.0 Å². The lowest BCUT2D eigenvalue weighted by Crippen LogP contribution is -2.53. The van der Waals surface area contributed by atoms with E-state index in [2.05, 4.69) is 13.8 Å². The zero-order valence-corrected chi connectivity index (χ0v) is 11.6. The molecule has 18 heavy (non-hydrogen) atoms. The van der Waals surface area contributed by atoms with Crippen LogP contribution in [0.2, 0.25) is 5.02 Å². The van der Waals surface area contributed by atoms with Crippen molar-refractivity contribution in [1.82, 2.24) is 4.90 Å². The van der Waals surface area contributed by atoms with E-state index < -0.39 is 0 Å². The van der Waals surface area contributed by atoms with Gasteiger partial charge in [-0.1, -0.05) is 31.5 Å². The molecule has 1 fully saturated rings. The lowest BCUT2D eigenvalue weighted by Gasteiger charge is -2.42. The van der Waals surface area contributed by atoms with Gasteiger partial charge in [-0.15, -0.1) is 0 Å². The number of piperidine rings is 1. The van der Waals surface area contributed by atoms with E-state index in [0.717, 1.165) is 13.0 Å². The van der Waals surface area contributed by atoms with E-state index >= 15 is 0 Å². The van der Waals surface area contributed by atoms with E-state index in [-0.39, 0.29) is 17.4 Å².